The molecule has 1 aromatic carbocycles. The number of benzene rings is 1. The Morgan fingerprint density at radius 3 is 2.87 bits per heavy atom. The van der Waals surface area contributed by atoms with Gasteiger partial charge in [0.15, 0.2) is 11.6 Å². The molecule has 9 heteroatoms. The lowest BCUT2D eigenvalue weighted by atomic mass is 9.99. The summed E-state index contributed by atoms with van der Waals surface area (Å²) in [7, 11) is 0. The standard InChI is InChI=1S/C21H18ClFN6O/c22-17-16(14-10-24-26-19(14)20(18(17)23)28-5-1-6-28)12-4-7-29-13(8-12)9-15(27-29)25-21(30)11-2-3-11/h4,7-11H,1-3,5-6H2,(H,24,26)(H,25,27,30). The lowest BCUT2D eigenvalue weighted by molar-refractivity contribution is -0.117. The van der Waals surface area contributed by atoms with Crippen LogP contribution in [0.1, 0.15) is 19.3 Å². The van der Waals surface area contributed by atoms with Crippen molar-refractivity contribution in [1.29, 1.82) is 0 Å². The van der Waals surface area contributed by atoms with Crippen LogP contribution in [-0.2, 0) is 4.79 Å². The van der Waals surface area contributed by atoms with Gasteiger partial charge in [0.2, 0.25) is 5.91 Å². The highest BCUT2D eigenvalue weighted by atomic mass is 35.5. The molecule has 3 aromatic heterocycles. The molecule has 4 aromatic rings. The summed E-state index contributed by atoms with van der Waals surface area (Å²) in [5, 5.41) is 15.2. The van der Waals surface area contributed by atoms with E-state index in [1.165, 1.54) is 0 Å². The molecule has 1 aliphatic carbocycles. The number of hydrogen-bond acceptors (Lipinski definition) is 4. The van der Waals surface area contributed by atoms with Crippen LogP contribution in [0.5, 0.6) is 0 Å². The van der Waals surface area contributed by atoms with Gasteiger partial charge in [0, 0.05) is 42.2 Å². The molecule has 0 atom stereocenters. The van der Waals surface area contributed by atoms with Gasteiger partial charge in [-0.05, 0) is 37.0 Å². The van der Waals surface area contributed by atoms with Gasteiger partial charge < -0.3 is 10.2 Å². The molecule has 7 nitrogen and oxygen atoms in total. The van der Waals surface area contributed by atoms with Crippen LogP contribution in [-0.4, -0.2) is 38.8 Å². The lowest BCUT2D eigenvalue weighted by Crippen LogP contribution is -2.37. The zero-order valence-electron chi connectivity index (χ0n) is 16.0. The molecular formula is C21H18ClFN6O. The number of aromatic nitrogens is 4. The van der Waals surface area contributed by atoms with E-state index < -0.39 is 5.82 Å². The zero-order chi connectivity index (χ0) is 20.4. The van der Waals surface area contributed by atoms with Gasteiger partial charge in [-0.3, -0.25) is 9.89 Å². The number of anilines is 2. The van der Waals surface area contributed by atoms with Crippen LogP contribution in [0.3, 0.4) is 0 Å². The Balaban J connectivity index is 1.46. The molecule has 1 saturated heterocycles. The molecule has 0 bridgehead atoms. The number of amides is 1. The minimum Gasteiger partial charge on any atom is -0.367 e. The Labute approximate surface area is 175 Å². The summed E-state index contributed by atoms with van der Waals surface area (Å²) in [4.78, 5) is 14.0. The summed E-state index contributed by atoms with van der Waals surface area (Å²) in [5.74, 6) is 0.175. The third-order valence-corrected chi connectivity index (χ3v) is 6.24. The fraction of sp³-hybridized carbons (Fsp3) is 0.286. The number of aromatic amines is 1. The van der Waals surface area contributed by atoms with Crippen LogP contribution in [0.15, 0.2) is 30.6 Å². The van der Waals surface area contributed by atoms with E-state index >= 15 is 4.39 Å². The van der Waals surface area contributed by atoms with Gasteiger partial charge in [-0.1, -0.05) is 11.6 Å². The van der Waals surface area contributed by atoms with Crippen LogP contribution >= 0.6 is 11.6 Å². The average Bonchev–Trinajstić information content (AvgIpc) is 3.31. The minimum absolute atomic E-state index is 0.00503. The highest BCUT2D eigenvalue weighted by molar-refractivity contribution is 6.36. The van der Waals surface area contributed by atoms with Gasteiger partial charge in [0.05, 0.1) is 22.3 Å². The molecule has 2 aliphatic rings. The Morgan fingerprint density at radius 1 is 1.30 bits per heavy atom. The Hall–Kier alpha value is -3.13. The number of carbonyl (C=O) groups is 1. The Kier molecular flexibility index (Phi) is 3.80. The van der Waals surface area contributed by atoms with Crippen molar-refractivity contribution >= 4 is 45.4 Å². The van der Waals surface area contributed by atoms with E-state index in [0.29, 0.717) is 22.6 Å². The molecule has 2 fully saturated rings. The molecule has 1 saturated carbocycles. The van der Waals surface area contributed by atoms with Crippen molar-refractivity contribution in [3.05, 3.63) is 41.4 Å². The summed E-state index contributed by atoms with van der Waals surface area (Å²) in [6, 6.07) is 5.52. The first-order valence-electron chi connectivity index (χ1n) is 10.00. The maximum absolute atomic E-state index is 15.3. The SMILES string of the molecule is O=C(Nc1cc2cc(-c3c(Cl)c(F)c(N4CCC4)c4[nH]ncc34)ccn2n1)C1CC1. The number of rotatable bonds is 4. The first-order chi connectivity index (χ1) is 14.6. The molecule has 0 unspecified atom stereocenters. The first-order valence-corrected chi connectivity index (χ1v) is 10.4. The third kappa shape index (κ3) is 2.67. The van der Waals surface area contributed by atoms with Crippen molar-refractivity contribution in [3.63, 3.8) is 0 Å². The average molecular weight is 425 g/mol. The Bertz CT molecular complexity index is 1320. The zero-order valence-corrected chi connectivity index (χ0v) is 16.7. The maximum atomic E-state index is 15.3. The van der Waals surface area contributed by atoms with Gasteiger partial charge in [0.25, 0.3) is 0 Å². The monoisotopic (exact) mass is 424 g/mol. The van der Waals surface area contributed by atoms with E-state index in [2.05, 4.69) is 20.6 Å². The van der Waals surface area contributed by atoms with Crippen LogP contribution in [0.2, 0.25) is 5.02 Å². The topological polar surface area (TPSA) is 78.3 Å². The third-order valence-electron chi connectivity index (χ3n) is 5.89. The molecule has 0 radical (unpaired) electrons. The van der Waals surface area contributed by atoms with Crippen molar-refractivity contribution in [1.82, 2.24) is 19.8 Å². The lowest BCUT2D eigenvalue weighted by Gasteiger charge is -2.34. The number of fused-ring (bicyclic) bond motifs is 2. The Morgan fingerprint density at radius 2 is 2.13 bits per heavy atom. The highest BCUT2D eigenvalue weighted by Gasteiger charge is 2.30. The predicted molar refractivity (Wildman–Crippen MR) is 113 cm³/mol. The van der Waals surface area contributed by atoms with Crippen LogP contribution in [0, 0.1) is 11.7 Å². The number of nitrogens with zero attached hydrogens (tertiary/aromatic N) is 4. The van der Waals surface area contributed by atoms with Gasteiger partial charge in [0.1, 0.15) is 5.69 Å². The molecule has 1 aliphatic heterocycles. The van der Waals surface area contributed by atoms with Crippen molar-refractivity contribution in [2.75, 3.05) is 23.3 Å². The molecule has 4 heterocycles. The number of carbonyl (C=O) groups excluding carboxylic acids is 1. The smallest absolute Gasteiger partial charge is 0.228 e. The summed E-state index contributed by atoms with van der Waals surface area (Å²) in [5.41, 5.74) is 3.26. The molecule has 2 N–H and O–H groups in total. The molecule has 152 valence electrons. The summed E-state index contributed by atoms with van der Waals surface area (Å²) in [6.45, 7) is 1.61. The van der Waals surface area contributed by atoms with Gasteiger partial charge in [-0.25, -0.2) is 8.91 Å². The van der Waals surface area contributed by atoms with Crippen molar-refractivity contribution in [2.45, 2.75) is 19.3 Å². The van der Waals surface area contributed by atoms with Crippen LogP contribution < -0.4 is 10.2 Å². The quantitative estimate of drug-likeness (QED) is 0.514. The van der Waals surface area contributed by atoms with Crippen LogP contribution in [0.25, 0.3) is 27.5 Å². The van der Waals surface area contributed by atoms with E-state index in [0.717, 1.165) is 48.8 Å². The first kappa shape index (κ1) is 17.7. The van der Waals surface area contributed by atoms with E-state index in [1.807, 2.05) is 17.0 Å². The summed E-state index contributed by atoms with van der Waals surface area (Å²) < 4.78 is 17.0. The number of nitrogens with one attached hydrogen (secondary N) is 2. The number of pyridine rings is 1. The summed E-state index contributed by atoms with van der Waals surface area (Å²) >= 11 is 6.54. The normalized spacial score (nSPS) is 16.3. The van der Waals surface area contributed by atoms with Gasteiger partial charge in [-0.15, -0.1) is 0 Å². The van der Waals surface area contributed by atoms with E-state index in [9.17, 15) is 4.79 Å². The number of hydrogen-bond donors (Lipinski definition) is 2. The van der Waals surface area contributed by atoms with E-state index in [-0.39, 0.29) is 16.8 Å². The predicted octanol–water partition coefficient (Wildman–Crippen LogP) is 4.23. The van der Waals surface area contributed by atoms with Crippen molar-refractivity contribution in [2.24, 2.45) is 5.92 Å². The highest BCUT2D eigenvalue weighted by Crippen LogP contribution is 2.43. The number of halogens is 2. The molecular weight excluding hydrogens is 407 g/mol. The second kappa shape index (κ2) is 6.43. The van der Waals surface area contributed by atoms with Gasteiger partial charge in [-0.2, -0.15) is 10.2 Å². The molecule has 6 rings (SSSR count). The second-order valence-electron chi connectivity index (χ2n) is 7.93. The fourth-order valence-electron chi connectivity index (χ4n) is 4.00. The van der Waals surface area contributed by atoms with Crippen LogP contribution in [0.4, 0.5) is 15.9 Å². The minimum atomic E-state index is -0.436. The second-order valence-corrected chi connectivity index (χ2v) is 8.31. The van der Waals surface area contributed by atoms with Gasteiger partial charge >= 0.3 is 0 Å². The number of H-pyrrole nitrogens is 1. The molecule has 30 heavy (non-hydrogen) atoms. The largest absolute Gasteiger partial charge is 0.367 e. The van der Waals surface area contributed by atoms with Crippen molar-refractivity contribution in [3.8, 4) is 11.1 Å². The van der Waals surface area contributed by atoms with E-state index in [4.69, 9.17) is 11.6 Å². The van der Waals surface area contributed by atoms with E-state index in [1.54, 1.807) is 23.0 Å². The maximum Gasteiger partial charge on any atom is 0.228 e. The summed E-state index contributed by atoms with van der Waals surface area (Å²) in [6.07, 6.45) is 6.36. The fourth-order valence-corrected chi connectivity index (χ4v) is 4.30. The van der Waals surface area contributed by atoms with Crippen molar-refractivity contribution < 1.29 is 9.18 Å². The molecule has 1 amide bonds. The molecule has 0 spiro atoms.